The van der Waals surface area contributed by atoms with Crippen LogP contribution in [0, 0.1) is 0 Å². The van der Waals surface area contributed by atoms with Crippen molar-refractivity contribution in [2.24, 2.45) is 0 Å². The van der Waals surface area contributed by atoms with Crippen molar-refractivity contribution >= 4 is 22.6 Å². The molecule has 2 N–H and O–H groups in total. The maximum atomic E-state index is 11.8. The van der Waals surface area contributed by atoms with E-state index in [-0.39, 0.29) is 11.9 Å². The number of nitrogens with one attached hydrogen (secondary N) is 2. The van der Waals surface area contributed by atoms with Gasteiger partial charge in [-0.25, -0.2) is 4.98 Å². The molecule has 0 aliphatic carbocycles. The fraction of sp³-hybridized carbons (Fsp3) is 0.727. The van der Waals surface area contributed by atoms with Crippen LogP contribution in [0.5, 0.6) is 0 Å². The SMILES string of the molecule is CCCc1nsc(N2CCNCC2C(=O)NC)n1. The molecule has 1 atom stereocenters. The minimum atomic E-state index is -0.189. The average molecular weight is 269 g/mol. The zero-order valence-electron chi connectivity index (χ0n) is 10.8. The van der Waals surface area contributed by atoms with Crippen LogP contribution >= 0.6 is 11.5 Å². The van der Waals surface area contributed by atoms with E-state index < -0.39 is 0 Å². The first-order valence-electron chi connectivity index (χ1n) is 6.27. The molecule has 0 aromatic carbocycles. The molecule has 1 amide bonds. The van der Waals surface area contributed by atoms with Gasteiger partial charge in [0.05, 0.1) is 0 Å². The predicted molar refractivity (Wildman–Crippen MR) is 72.0 cm³/mol. The van der Waals surface area contributed by atoms with E-state index in [1.165, 1.54) is 11.5 Å². The summed E-state index contributed by atoms with van der Waals surface area (Å²) in [5.41, 5.74) is 0. The number of anilines is 1. The molecule has 1 aliphatic rings. The topological polar surface area (TPSA) is 70.2 Å². The monoisotopic (exact) mass is 269 g/mol. The highest BCUT2D eigenvalue weighted by Gasteiger charge is 2.30. The van der Waals surface area contributed by atoms with E-state index in [1.807, 2.05) is 4.90 Å². The lowest BCUT2D eigenvalue weighted by molar-refractivity contribution is -0.122. The Morgan fingerprint density at radius 1 is 1.67 bits per heavy atom. The summed E-state index contributed by atoms with van der Waals surface area (Å²) in [7, 11) is 1.66. The molecule has 1 aromatic heterocycles. The van der Waals surface area contributed by atoms with Crippen molar-refractivity contribution in [1.29, 1.82) is 0 Å². The minimum Gasteiger partial charge on any atom is -0.357 e. The molecule has 1 aliphatic heterocycles. The molecule has 1 fully saturated rings. The number of aryl methyl sites for hydroxylation is 1. The van der Waals surface area contributed by atoms with Crippen molar-refractivity contribution < 1.29 is 4.79 Å². The number of carbonyl (C=O) groups is 1. The predicted octanol–water partition coefficient (Wildman–Crippen LogP) is 0.0148. The van der Waals surface area contributed by atoms with Crippen LogP contribution in [0.3, 0.4) is 0 Å². The molecule has 100 valence electrons. The zero-order chi connectivity index (χ0) is 13.0. The summed E-state index contributed by atoms with van der Waals surface area (Å²) in [6.07, 6.45) is 1.93. The van der Waals surface area contributed by atoms with Gasteiger partial charge in [-0.1, -0.05) is 6.92 Å². The molecule has 7 heteroatoms. The summed E-state index contributed by atoms with van der Waals surface area (Å²) in [5, 5.41) is 6.79. The van der Waals surface area contributed by atoms with E-state index in [4.69, 9.17) is 0 Å². The van der Waals surface area contributed by atoms with Crippen LogP contribution in [-0.4, -0.2) is 48.0 Å². The number of carbonyl (C=O) groups excluding carboxylic acids is 1. The van der Waals surface area contributed by atoms with Crippen molar-refractivity contribution in [3.63, 3.8) is 0 Å². The van der Waals surface area contributed by atoms with Gasteiger partial charge in [0.25, 0.3) is 0 Å². The van der Waals surface area contributed by atoms with Crippen LogP contribution < -0.4 is 15.5 Å². The lowest BCUT2D eigenvalue weighted by Crippen LogP contribution is -2.57. The molecule has 0 spiro atoms. The van der Waals surface area contributed by atoms with Gasteiger partial charge in [0, 0.05) is 44.6 Å². The Balaban J connectivity index is 2.14. The van der Waals surface area contributed by atoms with Crippen LogP contribution in [0.15, 0.2) is 0 Å². The third-order valence-corrected chi connectivity index (χ3v) is 3.76. The van der Waals surface area contributed by atoms with Gasteiger partial charge < -0.3 is 15.5 Å². The molecular formula is C11H19N5OS. The second kappa shape index (κ2) is 6.10. The van der Waals surface area contributed by atoms with Crippen LogP contribution in [-0.2, 0) is 11.2 Å². The van der Waals surface area contributed by atoms with Crippen LogP contribution in [0.25, 0.3) is 0 Å². The number of rotatable bonds is 4. The minimum absolute atomic E-state index is 0.0226. The summed E-state index contributed by atoms with van der Waals surface area (Å²) in [5.74, 6) is 0.904. The number of hydrogen-bond donors (Lipinski definition) is 2. The fourth-order valence-corrected chi connectivity index (χ4v) is 2.81. The standard InChI is InChI=1S/C11H19N5OS/c1-3-4-9-14-11(18-15-9)16-6-5-13-7-8(16)10(17)12-2/h8,13H,3-7H2,1-2H3,(H,12,17). The molecule has 1 saturated heterocycles. The maximum absolute atomic E-state index is 11.8. The Hall–Kier alpha value is -1.21. The van der Waals surface area contributed by atoms with E-state index in [0.717, 1.165) is 36.9 Å². The van der Waals surface area contributed by atoms with Gasteiger partial charge in [-0.2, -0.15) is 4.37 Å². The van der Waals surface area contributed by atoms with Gasteiger partial charge in [-0.15, -0.1) is 0 Å². The Morgan fingerprint density at radius 3 is 3.22 bits per heavy atom. The number of aromatic nitrogens is 2. The molecule has 6 nitrogen and oxygen atoms in total. The van der Waals surface area contributed by atoms with Crippen LogP contribution in [0.4, 0.5) is 5.13 Å². The first-order chi connectivity index (χ1) is 8.76. The fourth-order valence-electron chi connectivity index (χ4n) is 2.02. The quantitative estimate of drug-likeness (QED) is 0.806. The molecule has 0 radical (unpaired) electrons. The summed E-state index contributed by atoms with van der Waals surface area (Å²) in [6, 6.07) is -0.189. The summed E-state index contributed by atoms with van der Waals surface area (Å²) in [6.45, 7) is 4.43. The second-order valence-corrected chi connectivity index (χ2v) is 5.00. The first-order valence-corrected chi connectivity index (χ1v) is 7.05. The molecule has 1 unspecified atom stereocenters. The van der Waals surface area contributed by atoms with Crippen molar-refractivity contribution in [3.8, 4) is 0 Å². The lowest BCUT2D eigenvalue weighted by atomic mass is 10.2. The van der Waals surface area contributed by atoms with E-state index in [1.54, 1.807) is 7.05 Å². The largest absolute Gasteiger partial charge is 0.357 e. The molecule has 2 rings (SSSR count). The van der Waals surface area contributed by atoms with Crippen molar-refractivity contribution in [3.05, 3.63) is 5.82 Å². The third-order valence-electron chi connectivity index (χ3n) is 2.97. The van der Waals surface area contributed by atoms with Gasteiger partial charge in [-0.05, 0) is 6.42 Å². The Morgan fingerprint density at radius 2 is 2.50 bits per heavy atom. The number of piperazine rings is 1. The lowest BCUT2D eigenvalue weighted by Gasteiger charge is -2.34. The van der Waals surface area contributed by atoms with Gasteiger partial charge in [0.1, 0.15) is 11.9 Å². The smallest absolute Gasteiger partial charge is 0.243 e. The highest BCUT2D eigenvalue weighted by Crippen LogP contribution is 2.21. The number of hydrogen-bond acceptors (Lipinski definition) is 6. The molecule has 1 aromatic rings. The van der Waals surface area contributed by atoms with Gasteiger partial charge in [0.2, 0.25) is 11.0 Å². The van der Waals surface area contributed by atoms with E-state index in [9.17, 15) is 4.79 Å². The van der Waals surface area contributed by atoms with Gasteiger partial charge in [0.15, 0.2) is 0 Å². The van der Waals surface area contributed by atoms with Crippen molar-refractivity contribution in [2.45, 2.75) is 25.8 Å². The summed E-state index contributed by atoms with van der Waals surface area (Å²) < 4.78 is 4.34. The molecule has 2 heterocycles. The third kappa shape index (κ3) is 2.78. The van der Waals surface area contributed by atoms with Crippen LogP contribution in [0.1, 0.15) is 19.2 Å². The maximum Gasteiger partial charge on any atom is 0.243 e. The van der Waals surface area contributed by atoms with E-state index in [0.29, 0.717) is 6.54 Å². The number of likely N-dealkylation sites (N-methyl/N-ethyl adjacent to an activating group) is 1. The first kappa shape index (κ1) is 13.2. The van der Waals surface area contributed by atoms with E-state index >= 15 is 0 Å². The molecule has 0 saturated carbocycles. The molecule has 18 heavy (non-hydrogen) atoms. The Kier molecular flexibility index (Phi) is 4.48. The van der Waals surface area contributed by atoms with E-state index in [2.05, 4.69) is 26.9 Å². The Labute approximate surface area is 111 Å². The normalized spacial score (nSPS) is 19.9. The summed E-state index contributed by atoms with van der Waals surface area (Å²) in [4.78, 5) is 18.4. The average Bonchev–Trinajstić information content (AvgIpc) is 2.87. The van der Waals surface area contributed by atoms with Gasteiger partial charge in [-0.3, -0.25) is 4.79 Å². The van der Waals surface area contributed by atoms with Crippen molar-refractivity contribution in [2.75, 3.05) is 31.6 Å². The van der Waals surface area contributed by atoms with Crippen LogP contribution in [0.2, 0.25) is 0 Å². The number of nitrogens with zero attached hydrogens (tertiary/aromatic N) is 3. The molecule has 0 bridgehead atoms. The summed E-state index contributed by atoms with van der Waals surface area (Å²) >= 11 is 1.38. The highest BCUT2D eigenvalue weighted by atomic mass is 32.1. The Bertz CT molecular complexity index is 408. The van der Waals surface area contributed by atoms with Crippen molar-refractivity contribution in [1.82, 2.24) is 20.0 Å². The number of amides is 1. The molecular weight excluding hydrogens is 250 g/mol. The van der Waals surface area contributed by atoms with Gasteiger partial charge >= 0.3 is 0 Å². The second-order valence-electron chi connectivity index (χ2n) is 4.27. The highest BCUT2D eigenvalue weighted by molar-refractivity contribution is 7.09. The zero-order valence-corrected chi connectivity index (χ0v) is 11.6.